The summed E-state index contributed by atoms with van der Waals surface area (Å²) in [6, 6.07) is 9.96. The molecule has 0 aliphatic heterocycles. The van der Waals surface area contributed by atoms with E-state index in [0.717, 1.165) is 41.7 Å². The van der Waals surface area contributed by atoms with Gasteiger partial charge in [-0.3, -0.25) is 0 Å². The summed E-state index contributed by atoms with van der Waals surface area (Å²) in [5, 5.41) is 4.37. The van der Waals surface area contributed by atoms with Gasteiger partial charge < -0.3 is 11.1 Å². The Balaban J connectivity index is 2.41. The second kappa shape index (κ2) is 5.78. The van der Waals surface area contributed by atoms with Gasteiger partial charge in [-0.05, 0) is 18.6 Å². The highest BCUT2D eigenvalue weighted by Gasteiger charge is 2.08. The first-order valence-corrected chi connectivity index (χ1v) is 6.56. The van der Waals surface area contributed by atoms with Gasteiger partial charge in [-0.1, -0.05) is 43.8 Å². The van der Waals surface area contributed by atoms with Crippen molar-refractivity contribution in [2.24, 2.45) is 5.73 Å². The Hall–Kier alpha value is -1.68. The van der Waals surface area contributed by atoms with Crippen LogP contribution in [0.4, 0.5) is 5.82 Å². The molecule has 0 saturated heterocycles. The molecule has 0 bridgehead atoms. The average molecular weight is 259 g/mol. The van der Waals surface area contributed by atoms with Crippen LogP contribution in [0.5, 0.6) is 0 Å². The molecule has 18 heavy (non-hydrogen) atoms. The van der Waals surface area contributed by atoms with Gasteiger partial charge in [0.15, 0.2) is 0 Å². The van der Waals surface area contributed by atoms with Gasteiger partial charge in [-0.15, -0.1) is 0 Å². The standard InChI is InChI=1S/C14H17N3S/c1-2-3-8-16-14-11(13(15)18)9-10-6-4-5-7-12(10)17-14/h4-7,9H,2-3,8H2,1H3,(H2,15,18)(H,16,17). The maximum atomic E-state index is 5.76. The second-order valence-corrected chi connectivity index (χ2v) is 4.66. The van der Waals surface area contributed by atoms with E-state index >= 15 is 0 Å². The maximum Gasteiger partial charge on any atom is 0.136 e. The van der Waals surface area contributed by atoms with E-state index in [2.05, 4.69) is 17.2 Å². The van der Waals surface area contributed by atoms with Gasteiger partial charge in [0.1, 0.15) is 10.8 Å². The van der Waals surface area contributed by atoms with Crippen LogP contribution in [0, 0.1) is 0 Å². The molecular weight excluding hydrogens is 242 g/mol. The van der Waals surface area contributed by atoms with Crippen molar-refractivity contribution in [3.8, 4) is 0 Å². The maximum absolute atomic E-state index is 5.76. The van der Waals surface area contributed by atoms with Crippen LogP contribution in [0.2, 0.25) is 0 Å². The lowest BCUT2D eigenvalue weighted by Gasteiger charge is -2.11. The first-order valence-electron chi connectivity index (χ1n) is 6.16. The fourth-order valence-electron chi connectivity index (χ4n) is 1.82. The molecule has 94 valence electrons. The molecule has 3 N–H and O–H groups in total. The van der Waals surface area contributed by atoms with Gasteiger partial charge in [0, 0.05) is 11.9 Å². The van der Waals surface area contributed by atoms with E-state index in [1.807, 2.05) is 30.3 Å². The van der Waals surface area contributed by atoms with Crippen molar-refractivity contribution in [2.75, 3.05) is 11.9 Å². The van der Waals surface area contributed by atoms with Crippen molar-refractivity contribution in [1.82, 2.24) is 4.98 Å². The average Bonchev–Trinajstić information content (AvgIpc) is 2.38. The van der Waals surface area contributed by atoms with Crippen molar-refractivity contribution < 1.29 is 0 Å². The van der Waals surface area contributed by atoms with Crippen molar-refractivity contribution in [2.45, 2.75) is 19.8 Å². The largest absolute Gasteiger partial charge is 0.389 e. The third kappa shape index (κ3) is 2.76. The molecule has 0 fully saturated rings. The lowest BCUT2D eigenvalue weighted by molar-refractivity contribution is 0.831. The Labute approximate surface area is 112 Å². The molecular formula is C14H17N3S. The Morgan fingerprint density at radius 3 is 2.89 bits per heavy atom. The molecule has 0 aliphatic carbocycles. The number of pyridine rings is 1. The fourth-order valence-corrected chi connectivity index (χ4v) is 1.98. The molecule has 0 saturated carbocycles. The van der Waals surface area contributed by atoms with Crippen LogP contribution >= 0.6 is 12.2 Å². The molecule has 1 aromatic carbocycles. The molecule has 1 aromatic heterocycles. The summed E-state index contributed by atoms with van der Waals surface area (Å²) in [5.41, 5.74) is 7.54. The highest BCUT2D eigenvalue weighted by molar-refractivity contribution is 7.80. The summed E-state index contributed by atoms with van der Waals surface area (Å²) in [5.74, 6) is 0.787. The third-order valence-electron chi connectivity index (χ3n) is 2.81. The van der Waals surface area contributed by atoms with Crippen LogP contribution in [0.3, 0.4) is 0 Å². The number of hydrogen-bond acceptors (Lipinski definition) is 3. The van der Waals surface area contributed by atoms with Crippen molar-refractivity contribution in [3.63, 3.8) is 0 Å². The van der Waals surface area contributed by atoms with Crippen LogP contribution in [-0.2, 0) is 0 Å². The monoisotopic (exact) mass is 259 g/mol. The van der Waals surface area contributed by atoms with Crippen LogP contribution in [-0.4, -0.2) is 16.5 Å². The Kier molecular flexibility index (Phi) is 4.10. The summed E-state index contributed by atoms with van der Waals surface area (Å²) < 4.78 is 0. The molecule has 0 aliphatic rings. The van der Waals surface area contributed by atoms with Gasteiger partial charge in [0.05, 0.1) is 11.1 Å². The highest BCUT2D eigenvalue weighted by atomic mass is 32.1. The normalized spacial score (nSPS) is 10.5. The molecule has 0 unspecified atom stereocenters. The van der Waals surface area contributed by atoms with E-state index in [4.69, 9.17) is 18.0 Å². The smallest absolute Gasteiger partial charge is 0.136 e. The number of nitrogens with two attached hydrogens (primary N) is 1. The van der Waals surface area contributed by atoms with Gasteiger partial charge in [0.25, 0.3) is 0 Å². The SMILES string of the molecule is CCCCNc1nc2ccccc2cc1C(N)=S. The number of thiocarbonyl (C=S) groups is 1. The number of para-hydroxylation sites is 1. The van der Waals surface area contributed by atoms with Crippen LogP contribution in [0.25, 0.3) is 10.9 Å². The van der Waals surface area contributed by atoms with Gasteiger partial charge >= 0.3 is 0 Å². The third-order valence-corrected chi connectivity index (χ3v) is 3.03. The van der Waals surface area contributed by atoms with Gasteiger partial charge in [-0.2, -0.15) is 0 Å². The first-order chi connectivity index (χ1) is 8.72. The highest BCUT2D eigenvalue weighted by Crippen LogP contribution is 2.20. The minimum Gasteiger partial charge on any atom is -0.389 e. The fraction of sp³-hybridized carbons (Fsp3) is 0.286. The molecule has 0 atom stereocenters. The van der Waals surface area contributed by atoms with Crippen LogP contribution in [0.15, 0.2) is 30.3 Å². The Morgan fingerprint density at radius 1 is 1.39 bits per heavy atom. The van der Waals surface area contributed by atoms with Crippen molar-refractivity contribution in [3.05, 3.63) is 35.9 Å². The molecule has 0 amide bonds. The quantitative estimate of drug-likeness (QED) is 0.640. The van der Waals surface area contributed by atoms with Crippen molar-refractivity contribution >= 4 is 33.9 Å². The zero-order chi connectivity index (χ0) is 13.0. The summed E-state index contributed by atoms with van der Waals surface area (Å²) in [7, 11) is 0. The molecule has 1 heterocycles. The molecule has 3 nitrogen and oxygen atoms in total. The van der Waals surface area contributed by atoms with E-state index in [1.165, 1.54) is 0 Å². The van der Waals surface area contributed by atoms with E-state index in [1.54, 1.807) is 0 Å². The van der Waals surface area contributed by atoms with Crippen LogP contribution < -0.4 is 11.1 Å². The number of hydrogen-bond donors (Lipinski definition) is 2. The number of anilines is 1. The Bertz CT molecular complexity index is 566. The van der Waals surface area contributed by atoms with Gasteiger partial charge in [-0.25, -0.2) is 4.98 Å². The number of nitrogens with one attached hydrogen (secondary N) is 1. The zero-order valence-corrected chi connectivity index (χ0v) is 11.3. The second-order valence-electron chi connectivity index (χ2n) is 4.22. The summed E-state index contributed by atoms with van der Waals surface area (Å²) in [6.07, 6.45) is 2.24. The molecule has 2 rings (SSSR count). The number of unbranched alkanes of at least 4 members (excludes halogenated alkanes) is 1. The number of benzene rings is 1. The topological polar surface area (TPSA) is 50.9 Å². The molecule has 4 heteroatoms. The predicted octanol–water partition coefficient (Wildman–Crippen LogP) is 3.08. The minimum atomic E-state index is 0.382. The first kappa shape index (κ1) is 12.8. The molecule has 2 aromatic rings. The lowest BCUT2D eigenvalue weighted by atomic mass is 10.1. The minimum absolute atomic E-state index is 0.382. The number of rotatable bonds is 5. The number of fused-ring (bicyclic) bond motifs is 1. The van der Waals surface area contributed by atoms with Crippen molar-refractivity contribution in [1.29, 1.82) is 0 Å². The predicted molar refractivity (Wildman–Crippen MR) is 81.0 cm³/mol. The van der Waals surface area contributed by atoms with Crippen LogP contribution in [0.1, 0.15) is 25.3 Å². The summed E-state index contributed by atoms with van der Waals surface area (Å²) in [4.78, 5) is 4.97. The number of aromatic nitrogens is 1. The Morgan fingerprint density at radius 2 is 2.17 bits per heavy atom. The number of nitrogens with zero attached hydrogens (tertiary/aromatic N) is 1. The summed E-state index contributed by atoms with van der Waals surface area (Å²) in [6.45, 7) is 3.04. The lowest BCUT2D eigenvalue weighted by Crippen LogP contribution is -2.15. The summed E-state index contributed by atoms with van der Waals surface area (Å²) >= 11 is 5.09. The van der Waals surface area contributed by atoms with Gasteiger partial charge in [0.2, 0.25) is 0 Å². The zero-order valence-electron chi connectivity index (χ0n) is 10.4. The van der Waals surface area contributed by atoms with E-state index in [-0.39, 0.29) is 0 Å². The van der Waals surface area contributed by atoms with E-state index in [9.17, 15) is 0 Å². The van der Waals surface area contributed by atoms with E-state index < -0.39 is 0 Å². The molecule has 0 spiro atoms. The molecule has 0 radical (unpaired) electrons. The van der Waals surface area contributed by atoms with E-state index in [0.29, 0.717) is 4.99 Å².